The topological polar surface area (TPSA) is 29.0 Å². The molecule has 0 aliphatic carbocycles. The minimum absolute atomic E-state index is 0.461. The van der Waals surface area contributed by atoms with Gasteiger partial charge in [0.2, 0.25) is 0 Å². The third-order valence-corrected chi connectivity index (χ3v) is 3.36. The van der Waals surface area contributed by atoms with Crippen molar-refractivity contribution in [3.8, 4) is 0 Å². The largest absolute Gasteiger partial charge is 0.355 e. The number of piperidine rings is 1. The van der Waals surface area contributed by atoms with Crippen LogP contribution in [0.15, 0.2) is 25.6 Å². The van der Waals surface area contributed by atoms with E-state index in [1.807, 2.05) is 12.4 Å². The summed E-state index contributed by atoms with van der Waals surface area (Å²) in [5.74, 6) is 2.36. The fourth-order valence-electron chi connectivity index (χ4n) is 2.03. The third-order valence-electron chi connectivity index (χ3n) is 3.36. The molecule has 0 bridgehead atoms. The summed E-state index contributed by atoms with van der Waals surface area (Å²) in [6.07, 6.45) is 6.38. The average molecular weight is 247 g/mol. The van der Waals surface area contributed by atoms with Gasteiger partial charge in [-0.2, -0.15) is 0 Å². The van der Waals surface area contributed by atoms with Crippen LogP contribution in [0.4, 0.5) is 5.82 Å². The Balaban J connectivity index is 0.000000771. The van der Waals surface area contributed by atoms with Crippen LogP contribution in [0.3, 0.4) is 0 Å². The summed E-state index contributed by atoms with van der Waals surface area (Å²) in [5.41, 5.74) is 1.08. The second kappa shape index (κ2) is 7.14. The van der Waals surface area contributed by atoms with Crippen LogP contribution < -0.4 is 4.90 Å². The van der Waals surface area contributed by atoms with Gasteiger partial charge in [-0.15, -0.1) is 13.2 Å². The Morgan fingerprint density at radius 2 is 1.78 bits per heavy atom. The van der Waals surface area contributed by atoms with E-state index in [9.17, 15) is 0 Å². The highest BCUT2D eigenvalue weighted by Gasteiger charge is 2.17. The fraction of sp³-hybridized carbons (Fsp3) is 0.600. The van der Waals surface area contributed by atoms with E-state index < -0.39 is 0 Å². The highest BCUT2D eigenvalue weighted by molar-refractivity contribution is 5.36. The molecule has 18 heavy (non-hydrogen) atoms. The van der Waals surface area contributed by atoms with Gasteiger partial charge in [0.15, 0.2) is 0 Å². The Morgan fingerprint density at radius 3 is 2.22 bits per heavy atom. The lowest BCUT2D eigenvalue weighted by molar-refractivity contribution is 0.436. The third kappa shape index (κ3) is 3.83. The summed E-state index contributed by atoms with van der Waals surface area (Å²) in [4.78, 5) is 11.3. The smallest absolute Gasteiger partial charge is 0.147 e. The maximum atomic E-state index is 4.51. The molecule has 1 aliphatic heterocycles. The molecule has 0 N–H and O–H groups in total. The second-order valence-electron chi connectivity index (χ2n) is 5.12. The molecule has 1 aromatic heterocycles. The fourth-order valence-corrected chi connectivity index (χ4v) is 2.03. The maximum absolute atomic E-state index is 4.51. The number of rotatable bonds is 2. The first-order valence-corrected chi connectivity index (χ1v) is 6.73. The minimum atomic E-state index is 0.461. The summed E-state index contributed by atoms with van der Waals surface area (Å²) in [5, 5.41) is 0. The van der Waals surface area contributed by atoms with Crippen molar-refractivity contribution in [2.24, 2.45) is 5.92 Å². The highest BCUT2D eigenvalue weighted by atomic mass is 15.2. The van der Waals surface area contributed by atoms with Crippen LogP contribution in [0, 0.1) is 5.92 Å². The molecule has 0 aromatic carbocycles. The van der Waals surface area contributed by atoms with Crippen molar-refractivity contribution in [1.29, 1.82) is 0 Å². The van der Waals surface area contributed by atoms with Gasteiger partial charge in [0.25, 0.3) is 0 Å². The molecule has 0 atom stereocenters. The summed E-state index contributed by atoms with van der Waals surface area (Å²) in [6, 6.07) is 0. The molecular weight excluding hydrogens is 222 g/mol. The molecule has 0 unspecified atom stereocenters. The SMILES string of the molecule is C=C.CC1CCN(c2cnc(C(C)C)cn2)CC1. The predicted molar refractivity (Wildman–Crippen MR) is 78.0 cm³/mol. The van der Waals surface area contributed by atoms with E-state index in [4.69, 9.17) is 0 Å². The van der Waals surface area contributed by atoms with E-state index in [2.05, 4.69) is 48.8 Å². The minimum Gasteiger partial charge on any atom is -0.355 e. The number of nitrogens with zero attached hydrogens (tertiary/aromatic N) is 3. The molecule has 0 amide bonds. The highest BCUT2D eigenvalue weighted by Crippen LogP contribution is 2.21. The number of hydrogen-bond acceptors (Lipinski definition) is 3. The van der Waals surface area contributed by atoms with E-state index in [1.165, 1.54) is 12.8 Å². The van der Waals surface area contributed by atoms with Crippen LogP contribution in [0.1, 0.15) is 45.2 Å². The molecule has 3 heteroatoms. The van der Waals surface area contributed by atoms with Gasteiger partial charge in [-0.3, -0.25) is 4.98 Å². The monoisotopic (exact) mass is 247 g/mol. The van der Waals surface area contributed by atoms with E-state index in [1.54, 1.807) is 0 Å². The molecule has 2 rings (SSSR count). The van der Waals surface area contributed by atoms with Crippen molar-refractivity contribution < 1.29 is 0 Å². The molecule has 1 aliphatic rings. The Kier molecular flexibility index (Phi) is 5.83. The van der Waals surface area contributed by atoms with Crippen molar-refractivity contribution in [3.63, 3.8) is 0 Å². The average Bonchev–Trinajstić information content (AvgIpc) is 2.42. The van der Waals surface area contributed by atoms with Crippen LogP contribution in [0.5, 0.6) is 0 Å². The quantitative estimate of drug-likeness (QED) is 0.747. The lowest BCUT2D eigenvalue weighted by Gasteiger charge is -2.30. The molecule has 3 nitrogen and oxygen atoms in total. The first-order chi connectivity index (χ1) is 8.66. The van der Waals surface area contributed by atoms with Crippen LogP contribution in [-0.2, 0) is 0 Å². The molecule has 1 saturated heterocycles. The van der Waals surface area contributed by atoms with Gasteiger partial charge in [0.1, 0.15) is 5.82 Å². The van der Waals surface area contributed by atoms with Gasteiger partial charge >= 0.3 is 0 Å². The van der Waals surface area contributed by atoms with Gasteiger partial charge in [0.05, 0.1) is 18.1 Å². The van der Waals surface area contributed by atoms with Crippen molar-refractivity contribution >= 4 is 5.82 Å². The van der Waals surface area contributed by atoms with Crippen LogP contribution >= 0.6 is 0 Å². The maximum Gasteiger partial charge on any atom is 0.147 e. The van der Waals surface area contributed by atoms with Gasteiger partial charge in [-0.25, -0.2) is 4.98 Å². The molecule has 1 fully saturated rings. The zero-order valence-electron chi connectivity index (χ0n) is 11.9. The zero-order valence-corrected chi connectivity index (χ0v) is 11.9. The summed E-state index contributed by atoms with van der Waals surface area (Å²) >= 11 is 0. The van der Waals surface area contributed by atoms with Gasteiger partial charge in [-0.05, 0) is 24.7 Å². The van der Waals surface area contributed by atoms with Crippen molar-refractivity contribution in [2.75, 3.05) is 18.0 Å². The summed E-state index contributed by atoms with van der Waals surface area (Å²) in [7, 11) is 0. The Labute approximate surface area is 111 Å². The molecule has 2 heterocycles. The van der Waals surface area contributed by atoms with E-state index in [0.29, 0.717) is 5.92 Å². The second-order valence-corrected chi connectivity index (χ2v) is 5.12. The van der Waals surface area contributed by atoms with E-state index >= 15 is 0 Å². The lowest BCUT2D eigenvalue weighted by Crippen LogP contribution is -2.33. The van der Waals surface area contributed by atoms with E-state index in [-0.39, 0.29) is 0 Å². The predicted octanol–water partition coefficient (Wildman–Crippen LogP) is 3.64. The zero-order chi connectivity index (χ0) is 13.5. The first-order valence-electron chi connectivity index (χ1n) is 6.73. The summed E-state index contributed by atoms with van der Waals surface area (Å²) in [6.45, 7) is 14.9. The molecular formula is C15H25N3. The molecule has 0 radical (unpaired) electrons. The molecule has 1 aromatic rings. The first kappa shape index (κ1) is 14.7. The Bertz CT molecular complexity index is 337. The Hall–Kier alpha value is -1.38. The van der Waals surface area contributed by atoms with E-state index in [0.717, 1.165) is 30.5 Å². The molecule has 0 spiro atoms. The van der Waals surface area contributed by atoms with Crippen LogP contribution in [0.2, 0.25) is 0 Å². The number of aromatic nitrogens is 2. The van der Waals surface area contributed by atoms with Crippen molar-refractivity contribution in [3.05, 3.63) is 31.2 Å². The van der Waals surface area contributed by atoms with Crippen molar-refractivity contribution in [1.82, 2.24) is 9.97 Å². The Morgan fingerprint density at radius 1 is 1.17 bits per heavy atom. The van der Waals surface area contributed by atoms with Crippen LogP contribution in [0.25, 0.3) is 0 Å². The molecule has 0 saturated carbocycles. The van der Waals surface area contributed by atoms with Crippen molar-refractivity contribution in [2.45, 2.75) is 39.5 Å². The van der Waals surface area contributed by atoms with Crippen LogP contribution in [-0.4, -0.2) is 23.1 Å². The van der Waals surface area contributed by atoms with Gasteiger partial charge in [0, 0.05) is 13.1 Å². The number of hydrogen-bond donors (Lipinski definition) is 0. The van der Waals surface area contributed by atoms with Gasteiger partial charge < -0.3 is 4.90 Å². The lowest BCUT2D eigenvalue weighted by atomic mass is 9.99. The summed E-state index contributed by atoms with van der Waals surface area (Å²) < 4.78 is 0. The molecule has 100 valence electrons. The normalized spacial score (nSPS) is 16.3. The number of anilines is 1. The van der Waals surface area contributed by atoms with Gasteiger partial charge in [-0.1, -0.05) is 20.8 Å². The standard InChI is InChI=1S/C13H21N3.C2H4/c1-10(2)12-8-15-13(9-14-12)16-6-4-11(3)5-7-16;1-2/h8-11H,4-7H2,1-3H3;1-2H2.